The number of carbonyl (C=O) groups is 1. The van der Waals surface area contributed by atoms with Gasteiger partial charge in [0.05, 0.1) is 13.4 Å². The van der Waals surface area contributed by atoms with E-state index in [9.17, 15) is 13.2 Å². The normalized spacial score (nSPS) is 12.9. The molecular formula is C10H14N2O4S. The second kappa shape index (κ2) is 5.15. The van der Waals surface area contributed by atoms with Gasteiger partial charge in [-0.1, -0.05) is 12.1 Å². The second-order valence-corrected chi connectivity index (χ2v) is 5.25. The Labute approximate surface area is 99.8 Å². The lowest BCUT2D eigenvalue weighted by molar-refractivity contribution is -0.142. The van der Waals surface area contributed by atoms with Gasteiger partial charge in [-0.3, -0.25) is 9.52 Å². The Morgan fingerprint density at radius 1 is 1.47 bits per heavy atom. The molecule has 17 heavy (non-hydrogen) atoms. The molecular weight excluding hydrogens is 244 g/mol. The third-order valence-corrected chi connectivity index (χ3v) is 2.61. The number of anilines is 1. The minimum atomic E-state index is -3.35. The molecule has 6 nitrogen and oxygen atoms in total. The summed E-state index contributed by atoms with van der Waals surface area (Å²) >= 11 is 0. The topological polar surface area (TPSA) is 98.5 Å². The van der Waals surface area contributed by atoms with Crippen LogP contribution in [-0.4, -0.2) is 27.8 Å². The highest BCUT2D eigenvalue weighted by molar-refractivity contribution is 7.92. The maximum Gasteiger partial charge on any atom is 0.327 e. The molecule has 0 amide bonds. The van der Waals surface area contributed by atoms with Crippen molar-refractivity contribution in [2.45, 2.75) is 6.04 Å². The first kappa shape index (κ1) is 13.5. The summed E-state index contributed by atoms with van der Waals surface area (Å²) in [7, 11) is -2.12. The van der Waals surface area contributed by atoms with Crippen molar-refractivity contribution in [3.63, 3.8) is 0 Å². The molecule has 94 valence electrons. The van der Waals surface area contributed by atoms with E-state index in [1.807, 2.05) is 0 Å². The predicted octanol–water partition coefficient (Wildman–Crippen LogP) is 0.231. The Morgan fingerprint density at radius 3 is 2.65 bits per heavy atom. The summed E-state index contributed by atoms with van der Waals surface area (Å²) in [5.74, 6) is -0.582. The fraction of sp³-hybridized carbons (Fsp3) is 0.300. The van der Waals surface area contributed by atoms with Crippen LogP contribution in [0.4, 0.5) is 5.69 Å². The quantitative estimate of drug-likeness (QED) is 0.753. The molecule has 0 heterocycles. The van der Waals surface area contributed by atoms with Crippen LogP contribution in [0.5, 0.6) is 0 Å². The van der Waals surface area contributed by atoms with Gasteiger partial charge in [0.1, 0.15) is 6.04 Å². The first-order valence-corrected chi connectivity index (χ1v) is 6.64. The highest BCUT2D eigenvalue weighted by atomic mass is 32.2. The number of hydrogen-bond donors (Lipinski definition) is 2. The molecule has 1 rings (SSSR count). The average Bonchev–Trinajstić information content (AvgIpc) is 2.25. The van der Waals surface area contributed by atoms with Gasteiger partial charge in [-0.25, -0.2) is 8.42 Å². The number of sulfonamides is 1. The van der Waals surface area contributed by atoms with Crippen molar-refractivity contribution in [3.8, 4) is 0 Å². The fourth-order valence-electron chi connectivity index (χ4n) is 1.27. The van der Waals surface area contributed by atoms with E-state index in [-0.39, 0.29) is 0 Å². The SMILES string of the molecule is COC(=O)[C@H](N)c1cccc(NS(C)(=O)=O)c1. The van der Waals surface area contributed by atoms with Gasteiger partial charge in [0.25, 0.3) is 0 Å². The summed E-state index contributed by atoms with van der Waals surface area (Å²) in [6, 6.07) is 5.35. The van der Waals surface area contributed by atoms with E-state index in [1.165, 1.54) is 13.2 Å². The van der Waals surface area contributed by atoms with E-state index in [4.69, 9.17) is 5.73 Å². The Kier molecular flexibility index (Phi) is 4.08. The highest BCUT2D eigenvalue weighted by Crippen LogP contribution is 2.17. The number of ether oxygens (including phenoxy) is 1. The van der Waals surface area contributed by atoms with Gasteiger partial charge in [0.15, 0.2) is 0 Å². The lowest BCUT2D eigenvalue weighted by atomic mass is 10.1. The molecule has 3 N–H and O–H groups in total. The Balaban J connectivity index is 2.97. The highest BCUT2D eigenvalue weighted by Gasteiger charge is 2.16. The van der Waals surface area contributed by atoms with E-state index in [0.29, 0.717) is 11.3 Å². The average molecular weight is 258 g/mol. The van der Waals surface area contributed by atoms with Crippen molar-refractivity contribution in [2.24, 2.45) is 5.73 Å². The molecule has 0 bridgehead atoms. The number of nitrogens with one attached hydrogen (secondary N) is 1. The lowest BCUT2D eigenvalue weighted by Gasteiger charge is -2.11. The standard InChI is InChI=1S/C10H14N2O4S/c1-16-10(13)9(11)7-4-3-5-8(6-7)12-17(2,14)15/h3-6,9,12H,11H2,1-2H3/t9-/m1/s1. The molecule has 0 saturated heterocycles. The minimum Gasteiger partial charge on any atom is -0.468 e. The maximum atomic E-state index is 11.2. The van der Waals surface area contributed by atoms with Gasteiger partial charge in [-0.2, -0.15) is 0 Å². The second-order valence-electron chi connectivity index (χ2n) is 3.50. The summed E-state index contributed by atoms with van der Waals surface area (Å²) in [5.41, 5.74) is 6.46. The van der Waals surface area contributed by atoms with E-state index in [2.05, 4.69) is 9.46 Å². The summed E-state index contributed by atoms with van der Waals surface area (Å²) in [4.78, 5) is 11.2. The molecule has 0 radical (unpaired) electrons. The molecule has 0 aromatic heterocycles. The molecule has 0 spiro atoms. The van der Waals surface area contributed by atoms with Crippen LogP contribution >= 0.6 is 0 Å². The van der Waals surface area contributed by atoms with Crippen molar-refractivity contribution in [2.75, 3.05) is 18.1 Å². The van der Waals surface area contributed by atoms with Gasteiger partial charge in [0, 0.05) is 5.69 Å². The molecule has 0 aliphatic heterocycles. The first-order chi connectivity index (χ1) is 7.83. The monoisotopic (exact) mass is 258 g/mol. The molecule has 1 aromatic rings. The zero-order valence-electron chi connectivity index (χ0n) is 9.51. The first-order valence-electron chi connectivity index (χ1n) is 4.74. The molecule has 0 unspecified atom stereocenters. The third kappa shape index (κ3) is 4.04. The molecule has 1 atom stereocenters. The molecule has 0 aliphatic rings. The lowest BCUT2D eigenvalue weighted by Crippen LogP contribution is -2.22. The predicted molar refractivity (Wildman–Crippen MR) is 63.9 cm³/mol. The Bertz CT molecular complexity index is 513. The number of rotatable bonds is 4. The van der Waals surface area contributed by atoms with Gasteiger partial charge in [-0.05, 0) is 17.7 Å². The number of esters is 1. The summed E-state index contributed by atoms with van der Waals surface area (Å²) < 4.78 is 28.9. The fourth-order valence-corrected chi connectivity index (χ4v) is 1.83. The molecule has 1 aromatic carbocycles. The van der Waals surface area contributed by atoms with Crippen molar-refractivity contribution in [3.05, 3.63) is 29.8 Å². The van der Waals surface area contributed by atoms with Crippen LogP contribution in [0.15, 0.2) is 24.3 Å². The number of methoxy groups -OCH3 is 1. The van der Waals surface area contributed by atoms with E-state index < -0.39 is 22.0 Å². The van der Waals surface area contributed by atoms with Crippen LogP contribution in [0.3, 0.4) is 0 Å². The van der Waals surface area contributed by atoms with E-state index >= 15 is 0 Å². The smallest absolute Gasteiger partial charge is 0.327 e. The molecule has 0 fully saturated rings. The summed E-state index contributed by atoms with van der Waals surface area (Å²) in [5, 5.41) is 0. The van der Waals surface area contributed by atoms with E-state index in [1.54, 1.807) is 18.2 Å². The maximum absolute atomic E-state index is 11.2. The van der Waals surface area contributed by atoms with Crippen molar-refractivity contribution in [1.29, 1.82) is 0 Å². The zero-order valence-corrected chi connectivity index (χ0v) is 10.3. The largest absolute Gasteiger partial charge is 0.468 e. The Hall–Kier alpha value is -1.60. The molecule has 7 heteroatoms. The minimum absolute atomic E-state index is 0.351. The van der Waals surface area contributed by atoms with Crippen LogP contribution in [0.25, 0.3) is 0 Å². The third-order valence-electron chi connectivity index (χ3n) is 2.00. The van der Waals surface area contributed by atoms with E-state index in [0.717, 1.165) is 6.26 Å². The van der Waals surface area contributed by atoms with Gasteiger partial charge >= 0.3 is 5.97 Å². The number of benzene rings is 1. The number of carbonyl (C=O) groups excluding carboxylic acids is 1. The number of hydrogen-bond acceptors (Lipinski definition) is 5. The van der Waals surface area contributed by atoms with Crippen LogP contribution in [-0.2, 0) is 19.6 Å². The van der Waals surface area contributed by atoms with Crippen LogP contribution in [0.1, 0.15) is 11.6 Å². The van der Waals surface area contributed by atoms with Gasteiger partial charge < -0.3 is 10.5 Å². The molecule has 0 aliphatic carbocycles. The van der Waals surface area contributed by atoms with Gasteiger partial charge in [0.2, 0.25) is 10.0 Å². The summed E-state index contributed by atoms with van der Waals surface area (Å²) in [6.07, 6.45) is 1.04. The summed E-state index contributed by atoms with van der Waals surface area (Å²) in [6.45, 7) is 0. The Morgan fingerprint density at radius 2 is 2.12 bits per heavy atom. The van der Waals surface area contributed by atoms with Crippen LogP contribution < -0.4 is 10.5 Å². The van der Waals surface area contributed by atoms with Crippen molar-refractivity contribution >= 4 is 21.7 Å². The number of nitrogens with two attached hydrogens (primary N) is 1. The van der Waals surface area contributed by atoms with Crippen molar-refractivity contribution < 1.29 is 17.9 Å². The van der Waals surface area contributed by atoms with Crippen LogP contribution in [0, 0.1) is 0 Å². The van der Waals surface area contributed by atoms with Crippen LogP contribution in [0.2, 0.25) is 0 Å². The molecule has 0 saturated carbocycles. The van der Waals surface area contributed by atoms with Crippen molar-refractivity contribution in [1.82, 2.24) is 0 Å². The zero-order chi connectivity index (χ0) is 13.1. The van der Waals surface area contributed by atoms with Gasteiger partial charge in [-0.15, -0.1) is 0 Å².